The van der Waals surface area contributed by atoms with Gasteiger partial charge in [0.05, 0.1) is 26.4 Å². The molecule has 468 valence electrons. The van der Waals surface area contributed by atoms with Crippen molar-refractivity contribution in [3.8, 4) is 0 Å². The number of aliphatic hydroxyl groups excluding tert-OH is 1. The molecule has 0 aliphatic heterocycles. The molecule has 0 aromatic rings. The number of ether oxygens (including phenoxy) is 4. The first-order chi connectivity index (χ1) is 37.7. The third kappa shape index (κ3) is 52.6. The molecule has 0 aromatic carbocycles. The third-order valence-corrected chi connectivity index (χ3v) is 16.2. The zero-order valence-corrected chi connectivity index (χ0v) is 52.8. The van der Waals surface area contributed by atoms with Crippen molar-refractivity contribution in [3.05, 3.63) is 0 Å². The first-order valence-electron chi connectivity index (χ1n) is 31.3. The largest absolute Gasteiger partial charge is 0.472 e. The molecule has 0 aliphatic carbocycles. The van der Waals surface area contributed by atoms with Gasteiger partial charge in [0.2, 0.25) is 0 Å². The zero-order valence-electron chi connectivity index (χ0n) is 51.0. The van der Waals surface area contributed by atoms with Crippen LogP contribution in [0.2, 0.25) is 0 Å². The van der Waals surface area contributed by atoms with Crippen molar-refractivity contribution in [1.29, 1.82) is 0 Å². The lowest BCUT2D eigenvalue weighted by Gasteiger charge is -2.21. The van der Waals surface area contributed by atoms with E-state index in [1.54, 1.807) is 0 Å². The summed E-state index contributed by atoms with van der Waals surface area (Å²) >= 11 is 0. The summed E-state index contributed by atoms with van der Waals surface area (Å²) in [6.07, 6.45) is 28.3. The fourth-order valence-electron chi connectivity index (χ4n) is 8.66. The van der Waals surface area contributed by atoms with E-state index in [9.17, 15) is 43.2 Å². The number of phosphoric acid groups is 2. The first kappa shape index (κ1) is 77.1. The molecule has 4 unspecified atom stereocenters. The van der Waals surface area contributed by atoms with E-state index in [-0.39, 0.29) is 25.7 Å². The van der Waals surface area contributed by atoms with Gasteiger partial charge < -0.3 is 33.8 Å². The molecule has 0 spiro atoms. The summed E-state index contributed by atoms with van der Waals surface area (Å²) in [4.78, 5) is 71.9. The lowest BCUT2D eigenvalue weighted by Crippen LogP contribution is -2.30. The maximum Gasteiger partial charge on any atom is 0.472 e. The summed E-state index contributed by atoms with van der Waals surface area (Å²) < 4.78 is 67.7. The molecular weight excluding hydrogens is 1050 g/mol. The Morgan fingerprint density at radius 3 is 0.899 bits per heavy atom. The molecule has 3 N–H and O–H groups in total. The first-order valence-corrected chi connectivity index (χ1v) is 34.3. The molecule has 17 nitrogen and oxygen atoms in total. The molecule has 0 aliphatic rings. The Morgan fingerprint density at radius 1 is 0.354 bits per heavy atom. The fourth-order valence-corrected chi connectivity index (χ4v) is 10.2. The summed E-state index contributed by atoms with van der Waals surface area (Å²) in [5, 5.41) is 10.5. The minimum absolute atomic E-state index is 0.101. The number of phosphoric ester groups is 2. The number of esters is 4. The second-order valence-electron chi connectivity index (χ2n) is 23.2. The number of carbonyl (C=O) groups is 4. The monoisotopic (exact) mass is 1170 g/mol. The molecule has 0 saturated heterocycles. The molecule has 0 fully saturated rings. The summed E-state index contributed by atoms with van der Waals surface area (Å²) in [6.45, 7) is 13.8. The molecule has 7 atom stereocenters. The molecule has 0 heterocycles. The van der Waals surface area contributed by atoms with Gasteiger partial charge in [0.15, 0.2) is 12.2 Å². The van der Waals surface area contributed by atoms with Crippen molar-refractivity contribution in [2.24, 2.45) is 23.7 Å². The van der Waals surface area contributed by atoms with Crippen molar-refractivity contribution in [2.75, 3.05) is 39.6 Å². The van der Waals surface area contributed by atoms with Gasteiger partial charge in [0.25, 0.3) is 0 Å². The summed E-state index contributed by atoms with van der Waals surface area (Å²) in [6, 6.07) is 0. The molecule has 0 radical (unpaired) electrons. The van der Waals surface area contributed by atoms with Crippen LogP contribution in [0, 0.1) is 23.7 Å². The highest BCUT2D eigenvalue weighted by Gasteiger charge is 2.30. The summed E-state index contributed by atoms with van der Waals surface area (Å²) in [7, 11) is -9.88. The van der Waals surface area contributed by atoms with Crippen LogP contribution in [0.5, 0.6) is 0 Å². The van der Waals surface area contributed by atoms with Crippen LogP contribution < -0.4 is 0 Å². The van der Waals surface area contributed by atoms with E-state index >= 15 is 0 Å². The molecule has 79 heavy (non-hydrogen) atoms. The Morgan fingerprint density at radius 2 is 0.608 bits per heavy atom. The number of hydrogen-bond acceptors (Lipinski definition) is 15. The SMILES string of the molecule is CCC(C)CCCCCCCCC(=O)OC[C@H](COP(=O)(O)OC[C@H](O)COP(=O)(O)OC[C@@H](COC(=O)CCCCCCCCC(C)C)OC(=O)CCCCCCCCC(C)CC)OC(=O)CCCCCCCCCC(C)C. The van der Waals surface area contributed by atoms with E-state index in [0.29, 0.717) is 37.5 Å². The predicted molar refractivity (Wildman–Crippen MR) is 312 cm³/mol. The van der Waals surface area contributed by atoms with Crippen LogP contribution >= 0.6 is 15.6 Å². The van der Waals surface area contributed by atoms with Crippen LogP contribution in [0.25, 0.3) is 0 Å². The fraction of sp³-hybridized carbons (Fsp3) is 0.933. The Kier molecular flexibility index (Phi) is 49.3. The van der Waals surface area contributed by atoms with Crippen LogP contribution in [0.4, 0.5) is 0 Å². The van der Waals surface area contributed by atoms with Crippen molar-refractivity contribution >= 4 is 39.5 Å². The second kappa shape index (κ2) is 50.6. The number of rotatable bonds is 57. The maximum atomic E-state index is 12.9. The van der Waals surface area contributed by atoms with Gasteiger partial charge in [0.1, 0.15) is 19.3 Å². The van der Waals surface area contributed by atoms with E-state index in [1.165, 1.54) is 70.6 Å². The standard InChI is InChI=1S/C60H116O17P2/c1-9-52(7)38-30-22-15-18-25-33-41-58(63)71-46-55(76-59(64)42-34-26-13-11-12-20-28-36-50(3)4)48-74-78(66,67)72-44-54(61)45-73-79(68,69)75-49-56(47-70-57(62)40-32-24-17-14-21-29-37-51(5)6)77-60(65)43-35-27-19-16-23-31-39-53(8)10-2/h50-56,61H,9-49H2,1-8H3,(H,66,67)(H,68,69)/t52?,53?,54-,55+,56+/m0/s1. The normalized spacial score (nSPS) is 15.3. The quantitative estimate of drug-likeness (QED) is 0.0222. The smallest absolute Gasteiger partial charge is 0.462 e. The maximum absolute atomic E-state index is 12.9. The lowest BCUT2D eigenvalue weighted by molar-refractivity contribution is -0.161. The van der Waals surface area contributed by atoms with E-state index in [2.05, 4.69) is 55.4 Å². The highest BCUT2D eigenvalue weighted by atomic mass is 31.2. The van der Waals surface area contributed by atoms with Gasteiger partial charge in [-0.25, -0.2) is 9.13 Å². The molecule has 0 bridgehead atoms. The van der Waals surface area contributed by atoms with Gasteiger partial charge in [-0.3, -0.25) is 37.3 Å². The molecule has 0 rings (SSSR count). The lowest BCUT2D eigenvalue weighted by atomic mass is 10.00. The summed E-state index contributed by atoms with van der Waals surface area (Å²) in [5.41, 5.74) is 0. The second-order valence-corrected chi connectivity index (χ2v) is 26.1. The van der Waals surface area contributed by atoms with Crippen molar-refractivity contribution in [1.82, 2.24) is 0 Å². The molecular formula is C60H116O17P2. The average molecular weight is 1170 g/mol. The van der Waals surface area contributed by atoms with Gasteiger partial charge in [-0.1, -0.05) is 229 Å². The van der Waals surface area contributed by atoms with Gasteiger partial charge in [-0.05, 0) is 49.4 Å². The van der Waals surface area contributed by atoms with Gasteiger partial charge in [0, 0.05) is 25.7 Å². The Hall–Kier alpha value is -1.94. The van der Waals surface area contributed by atoms with Gasteiger partial charge in [-0.15, -0.1) is 0 Å². The van der Waals surface area contributed by atoms with Crippen LogP contribution in [-0.2, 0) is 65.4 Å². The van der Waals surface area contributed by atoms with Crippen molar-refractivity contribution in [3.63, 3.8) is 0 Å². The van der Waals surface area contributed by atoms with Crippen LogP contribution in [-0.4, -0.2) is 96.7 Å². The summed E-state index contributed by atoms with van der Waals surface area (Å²) in [5.74, 6) is 0.675. The Labute approximate surface area is 479 Å². The predicted octanol–water partition coefficient (Wildman–Crippen LogP) is 15.8. The average Bonchev–Trinajstić information content (AvgIpc) is 3.40. The van der Waals surface area contributed by atoms with Gasteiger partial charge >= 0.3 is 39.5 Å². The van der Waals surface area contributed by atoms with E-state index < -0.39 is 97.5 Å². The molecule has 19 heteroatoms. The Bertz CT molecular complexity index is 1600. The van der Waals surface area contributed by atoms with Gasteiger partial charge in [-0.2, -0.15) is 0 Å². The topological polar surface area (TPSA) is 237 Å². The van der Waals surface area contributed by atoms with Crippen LogP contribution in [0.3, 0.4) is 0 Å². The minimum atomic E-state index is -4.94. The number of unbranched alkanes of at least 4 members (excludes halogenated alkanes) is 21. The zero-order chi connectivity index (χ0) is 59.0. The third-order valence-electron chi connectivity index (χ3n) is 14.3. The van der Waals surface area contributed by atoms with E-state index in [4.69, 9.17) is 37.0 Å². The van der Waals surface area contributed by atoms with E-state index in [0.717, 1.165) is 115 Å². The number of carbonyl (C=O) groups excluding carboxylic acids is 4. The van der Waals surface area contributed by atoms with Crippen LogP contribution in [0.15, 0.2) is 0 Å². The highest BCUT2D eigenvalue weighted by Crippen LogP contribution is 2.45. The van der Waals surface area contributed by atoms with Crippen molar-refractivity contribution in [2.45, 2.75) is 298 Å². The molecule has 0 amide bonds. The molecule has 0 saturated carbocycles. The highest BCUT2D eigenvalue weighted by molar-refractivity contribution is 7.47. The Balaban J connectivity index is 5.26. The number of hydrogen-bond donors (Lipinski definition) is 3. The van der Waals surface area contributed by atoms with E-state index in [1.807, 2.05) is 0 Å². The van der Waals surface area contributed by atoms with Crippen LogP contribution in [0.1, 0.15) is 280 Å². The molecule has 0 aromatic heterocycles. The van der Waals surface area contributed by atoms with Crippen molar-refractivity contribution < 1.29 is 80.2 Å². The minimum Gasteiger partial charge on any atom is -0.462 e. The number of aliphatic hydroxyl groups is 1.